The van der Waals surface area contributed by atoms with Gasteiger partial charge in [-0.2, -0.15) is 0 Å². The summed E-state index contributed by atoms with van der Waals surface area (Å²) in [5, 5.41) is 4.08. The smallest absolute Gasteiger partial charge is 0.138 e. The van der Waals surface area contributed by atoms with E-state index in [0.717, 1.165) is 23.3 Å². The molecule has 4 heteroatoms. The van der Waals surface area contributed by atoms with Gasteiger partial charge in [0.2, 0.25) is 0 Å². The van der Waals surface area contributed by atoms with Crippen molar-refractivity contribution in [1.29, 1.82) is 0 Å². The van der Waals surface area contributed by atoms with E-state index < -0.39 is 0 Å². The lowest BCUT2D eigenvalue weighted by Gasteiger charge is -2.24. The maximum Gasteiger partial charge on any atom is 0.138 e. The second-order valence-electron chi connectivity index (χ2n) is 5.53. The Labute approximate surface area is 130 Å². The van der Waals surface area contributed by atoms with Gasteiger partial charge in [0.25, 0.3) is 0 Å². The fourth-order valence-electron chi connectivity index (χ4n) is 1.66. The van der Waals surface area contributed by atoms with Gasteiger partial charge in [-0.05, 0) is 36.6 Å². The summed E-state index contributed by atoms with van der Waals surface area (Å²) < 4.78 is 6.99. The van der Waals surface area contributed by atoms with Gasteiger partial charge < -0.3 is 10.1 Å². The molecule has 0 fully saturated rings. The summed E-state index contributed by atoms with van der Waals surface area (Å²) in [6, 6.07) is 5.71. The summed E-state index contributed by atoms with van der Waals surface area (Å²) in [7, 11) is 0. The van der Waals surface area contributed by atoms with Crippen LogP contribution in [0.5, 0.6) is 5.75 Å². The Balaban J connectivity index is 2.62. The third-order valence-corrected chi connectivity index (χ3v) is 3.60. The zero-order valence-electron chi connectivity index (χ0n) is 12.0. The molecule has 1 rings (SSSR count). The van der Waals surface area contributed by atoms with Crippen molar-refractivity contribution in [3.8, 4) is 5.75 Å². The monoisotopic (exact) mass is 347 g/mol. The average Bonchev–Trinajstić information content (AvgIpc) is 2.30. The topological polar surface area (TPSA) is 21.3 Å². The minimum Gasteiger partial charge on any atom is -0.487 e. The highest BCUT2D eigenvalue weighted by Crippen LogP contribution is 2.29. The van der Waals surface area contributed by atoms with Gasteiger partial charge in [-0.15, -0.1) is 0 Å². The molecule has 0 bridgehead atoms. The molecule has 0 aliphatic carbocycles. The molecule has 2 nitrogen and oxygen atoms in total. The van der Waals surface area contributed by atoms with Crippen LogP contribution in [0.4, 0.5) is 0 Å². The zero-order valence-corrected chi connectivity index (χ0v) is 14.4. The third kappa shape index (κ3) is 6.15. The van der Waals surface area contributed by atoms with E-state index in [-0.39, 0.29) is 6.10 Å². The molecule has 0 heterocycles. The van der Waals surface area contributed by atoms with Gasteiger partial charge in [0.05, 0.1) is 5.02 Å². The second kappa shape index (κ2) is 8.13. The molecule has 108 valence electrons. The first-order valence-electron chi connectivity index (χ1n) is 6.72. The quantitative estimate of drug-likeness (QED) is 0.767. The minimum absolute atomic E-state index is 0.123. The van der Waals surface area contributed by atoms with Gasteiger partial charge in [-0.3, -0.25) is 0 Å². The van der Waals surface area contributed by atoms with Crippen LogP contribution >= 0.6 is 27.5 Å². The van der Waals surface area contributed by atoms with Crippen LogP contribution in [0.2, 0.25) is 5.02 Å². The summed E-state index contributed by atoms with van der Waals surface area (Å²) in [4.78, 5) is 0. The van der Waals surface area contributed by atoms with Crippen LogP contribution in [0.1, 0.15) is 27.7 Å². The van der Waals surface area contributed by atoms with Gasteiger partial charge in [0.15, 0.2) is 0 Å². The SMILES string of the molecule is CC(C)CNCC(Oc1ccc(Br)cc1Cl)C(C)C. The molecule has 1 aromatic rings. The lowest BCUT2D eigenvalue weighted by atomic mass is 10.1. The largest absolute Gasteiger partial charge is 0.487 e. The molecule has 0 spiro atoms. The zero-order chi connectivity index (χ0) is 14.4. The van der Waals surface area contributed by atoms with Crippen molar-refractivity contribution >= 4 is 27.5 Å². The van der Waals surface area contributed by atoms with E-state index in [9.17, 15) is 0 Å². The Morgan fingerprint density at radius 3 is 2.42 bits per heavy atom. The molecule has 0 aromatic heterocycles. The van der Waals surface area contributed by atoms with E-state index in [0.29, 0.717) is 16.9 Å². The highest BCUT2D eigenvalue weighted by atomic mass is 79.9. The highest BCUT2D eigenvalue weighted by Gasteiger charge is 2.16. The second-order valence-corrected chi connectivity index (χ2v) is 6.85. The lowest BCUT2D eigenvalue weighted by molar-refractivity contribution is 0.148. The van der Waals surface area contributed by atoms with Gasteiger partial charge in [0.1, 0.15) is 11.9 Å². The molecule has 0 radical (unpaired) electrons. The normalized spacial score (nSPS) is 13.1. The van der Waals surface area contributed by atoms with Gasteiger partial charge in [-0.1, -0.05) is 55.2 Å². The van der Waals surface area contributed by atoms with Crippen LogP contribution in [-0.2, 0) is 0 Å². The van der Waals surface area contributed by atoms with E-state index >= 15 is 0 Å². The average molecular weight is 349 g/mol. The predicted molar refractivity (Wildman–Crippen MR) is 86.1 cm³/mol. The van der Waals surface area contributed by atoms with Crippen LogP contribution in [0.25, 0.3) is 0 Å². The Morgan fingerprint density at radius 1 is 1.21 bits per heavy atom. The first kappa shape index (κ1) is 16.8. The number of halogens is 2. The molecule has 0 saturated heterocycles. The highest BCUT2D eigenvalue weighted by molar-refractivity contribution is 9.10. The van der Waals surface area contributed by atoms with Crippen molar-refractivity contribution in [2.24, 2.45) is 11.8 Å². The Kier molecular flexibility index (Phi) is 7.19. The minimum atomic E-state index is 0.123. The number of ether oxygens (including phenoxy) is 1. The lowest BCUT2D eigenvalue weighted by Crippen LogP contribution is -2.37. The van der Waals surface area contributed by atoms with Gasteiger partial charge in [0, 0.05) is 11.0 Å². The van der Waals surface area contributed by atoms with Crippen LogP contribution in [0.15, 0.2) is 22.7 Å². The van der Waals surface area contributed by atoms with Crippen LogP contribution in [0, 0.1) is 11.8 Å². The fraction of sp³-hybridized carbons (Fsp3) is 0.600. The van der Waals surface area contributed by atoms with Crippen molar-refractivity contribution < 1.29 is 4.74 Å². The third-order valence-electron chi connectivity index (χ3n) is 2.81. The van der Waals surface area contributed by atoms with Gasteiger partial charge in [-0.25, -0.2) is 0 Å². The van der Waals surface area contributed by atoms with E-state index in [1.807, 2.05) is 18.2 Å². The van der Waals surface area contributed by atoms with Crippen molar-refractivity contribution in [3.63, 3.8) is 0 Å². The first-order valence-corrected chi connectivity index (χ1v) is 7.89. The van der Waals surface area contributed by atoms with Crippen molar-refractivity contribution in [1.82, 2.24) is 5.32 Å². The number of rotatable bonds is 7. The summed E-state index contributed by atoms with van der Waals surface area (Å²) >= 11 is 9.58. The predicted octanol–water partition coefficient (Wildman–Crippen LogP) is 4.75. The molecular formula is C15H23BrClNO. The molecule has 1 atom stereocenters. The Bertz CT molecular complexity index is 396. The standard InChI is InChI=1S/C15H23BrClNO/c1-10(2)8-18-9-15(11(3)4)19-14-6-5-12(16)7-13(14)17/h5-7,10-11,15,18H,8-9H2,1-4H3. The number of benzene rings is 1. The van der Waals surface area contributed by atoms with E-state index in [1.165, 1.54) is 0 Å². The van der Waals surface area contributed by atoms with Crippen molar-refractivity contribution in [2.75, 3.05) is 13.1 Å². The van der Waals surface area contributed by atoms with E-state index in [2.05, 4.69) is 48.9 Å². The summed E-state index contributed by atoms with van der Waals surface area (Å²) in [6.07, 6.45) is 0.123. The molecule has 0 aliphatic rings. The summed E-state index contributed by atoms with van der Waals surface area (Å²) in [5.41, 5.74) is 0. The van der Waals surface area contributed by atoms with Crippen LogP contribution in [0.3, 0.4) is 0 Å². The molecule has 0 amide bonds. The van der Waals surface area contributed by atoms with Crippen molar-refractivity contribution in [2.45, 2.75) is 33.8 Å². The molecular weight excluding hydrogens is 326 g/mol. The van der Waals surface area contributed by atoms with Gasteiger partial charge >= 0.3 is 0 Å². The number of hydrogen-bond donors (Lipinski definition) is 1. The van der Waals surface area contributed by atoms with E-state index in [4.69, 9.17) is 16.3 Å². The van der Waals surface area contributed by atoms with Crippen LogP contribution < -0.4 is 10.1 Å². The molecule has 1 unspecified atom stereocenters. The maximum atomic E-state index is 6.19. The fourth-order valence-corrected chi connectivity index (χ4v) is 2.38. The molecule has 1 aromatic carbocycles. The molecule has 19 heavy (non-hydrogen) atoms. The first-order chi connectivity index (χ1) is 8.90. The summed E-state index contributed by atoms with van der Waals surface area (Å²) in [6.45, 7) is 10.6. The molecule has 0 saturated carbocycles. The molecule has 1 N–H and O–H groups in total. The van der Waals surface area contributed by atoms with Crippen LogP contribution in [-0.4, -0.2) is 19.2 Å². The Morgan fingerprint density at radius 2 is 1.89 bits per heavy atom. The van der Waals surface area contributed by atoms with E-state index in [1.54, 1.807) is 0 Å². The Hall–Kier alpha value is -0.250. The van der Waals surface area contributed by atoms with Crippen molar-refractivity contribution in [3.05, 3.63) is 27.7 Å². The molecule has 0 aliphatic heterocycles. The number of hydrogen-bond acceptors (Lipinski definition) is 2. The number of nitrogens with one attached hydrogen (secondary N) is 1. The summed E-state index contributed by atoms with van der Waals surface area (Å²) in [5.74, 6) is 1.82. The maximum absolute atomic E-state index is 6.19.